The van der Waals surface area contributed by atoms with Crippen molar-refractivity contribution in [2.75, 3.05) is 11.9 Å². The van der Waals surface area contributed by atoms with Crippen molar-refractivity contribution in [2.45, 2.75) is 37.8 Å². The number of amides is 5. The van der Waals surface area contributed by atoms with Crippen LogP contribution < -0.4 is 16.0 Å². The molecule has 1 saturated heterocycles. The van der Waals surface area contributed by atoms with Gasteiger partial charge in [-0.2, -0.15) is 0 Å². The molecule has 3 aromatic carbocycles. The van der Waals surface area contributed by atoms with E-state index in [2.05, 4.69) is 16.0 Å². The number of hydrogen-bond donors (Lipinski definition) is 3. The number of anilines is 1. The highest BCUT2D eigenvalue weighted by Crippen LogP contribution is 2.33. The molecule has 0 radical (unpaired) electrons. The second-order valence-corrected chi connectivity index (χ2v) is 9.55. The fraction of sp³-hybridized carbons (Fsp3) is 0.241. The Balaban J connectivity index is 1.26. The van der Waals surface area contributed by atoms with Gasteiger partial charge in [0, 0.05) is 6.42 Å². The first-order chi connectivity index (χ1) is 17.9. The number of hydrogen-bond acceptors (Lipinski definition) is 4. The number of aryl methyl sites for hydroxylation is 1. The van der Waals surface area contributed by atoms with Crippen LogP contribution in [-0.2, 0) is 22.4 Å². The summed E-state index contributed by atoms with van der Waals surface area (Å²) in [5.74, 6) is -1.31. The summed E-state index contributed by atoms with van der Waals surface area (Å²) in [7, 11) is 0. The maximum absolute atomic E-state index is 13.3. The number of benzene rings is 3. The number of urea groups is 1. The van der Waals surface area contributed by atoms with Crippen molar-refractivity contribution in [3.8, 4) is 0 Å². The Bertz CT molecular complexity index is 1370. The number of carbonyl (C=O) groups is 4. The molecule has 8 nitrogen and oxygen atoms in total. The van der Waals surface area contributed by atoms with Crippen LogP contribution in [0.25, 0.3) is 0 Å². The highest BCUT2D eigenvalue weighted by atomic mass is 16.2. The largest absolute Gasteiger partial charge is 0.345 e. The first kappa shape index (κ1) is 24.2. The predicted octanol–water partition coefficient (Wildman–Crippen LogP) is 3.60. The van der Waals surface area contributed by atoms with Crippen molar-refractivity contribution >= 4 is 29.4 Å². The second-order valence-electron chi connectivity index (χ2n) is 9.55. The molecular weight excluding hydrogens is 468 g/mol. The predicted molar refractivity (Wildman–Crippen MR) is 139 cm³/mol. The molecule has 2 aliphatic rings. The maximum atomic E-state index is 13.3. The monoisotopic (exact) mass is 496 g/mol. The van der Waals surface area contributed by atoms with Crippen LogP contribution in [0.5, 0.6) is 0 Å². The van der Waals surface area contributed by atoms with Gasteiger partial charge in [0.1, 0.15) is 12.1 Å². The van der Waals surface area contributed by atoms with Gasteiger partial charge in [0.2, 0.25) is 5.91 Å². The van der Waals surface area contributed by atoms with E-state index in [4.69, 9.17) is 0 Å². The Hall–Kier alpha value is -4.46. The van der Waals surface area contributed by atoms with Crippen LogP contribution in [0.4, 0.5) is 10.5 Å². The molecule has 188 valence electrons. The molecule has 0 unspecified atom stereocenters. The molecule has 1 fully saturated rings. The average molecular weight is 497 g/mol. The highest BCUT2D eigenvalue weighted by molar-refractivity contribution is 6.11. The van der Waals surface area contributed by atoms with Crippen LogP contribution in [0, 0.1) is 0 Å². The summed E-state index contributed by atoms with van der Waals surface area (Å²) in [5.41, 5.74) is 2.71. The van der Waals surface area contributed by atoms with Gasteiger partial charge in [0.05, 0.1) is 17.3 Å². The maximum Gasteiger partial charge on any atom is 0.325 e. The van der Waals surface area contributed by atoms with Crippen molar-refractivity contribution < 1.29 is 19.2 Å². The van der Waals surface area contributed by atoms with Gasteiger partial charge in [-0.3, -0.25) is 19.3 Å². The Kier molecular flexibility index (Phi) is 6.48. The Morgan fingerprint density at radius 1 is 0.946 bits per heavy atom. The van der Waals surface area contributed by atoms with Crippen LogP contribution in [-0.4, -0.2) is 40.7 Å². The van der Waals surface area contributed by atoms with Crippen molar-refractivity contribution in [1.82, 2.24) is 15.5 Å². The van der Waals surface area contributed by atoms with Crippen molar-refractivity contribution in [1.29, 1.82) is 0 Å². The molecule has 3 N–H and O–H groups in total. The van der Waals surface area contributed by atoms with E-state index in [1.165, 1.54) is 5.56 Å². The molecule has 5 amide bonds. The molecule has 1 spiro atoms. The zero-order valence-corrected chi connectivity index (χ0v) is 20.5. The molecule has 37 heavy (non-hydrogen) atoms. The van der Waals surface area contributed by atoms with E-state index >= 15 is 0 Å². The number of rotatable bonds is 6. The Labute approximate surface area is 215 Å². The minimum Gasteiger partial charge on any atom is -0.345 e. The number of nitrogens with one attached hydrogen (secondary N) is 3. The lowest BCUT2D eigenvalue weighted by atomic mass is 9.78. The van der Waals surface area contributed by atoms with Gasteiger partial charge >= 0.3 is 6.03 Å². The van der Waals surface area contributed by atoms with Crippen molar-refractivity contribution in [3.05, 3.63) is 101 Å². The van der Waals surface area contributed by atoms with Gasteiger partial charge in [0.25, 0.3) is 11.8 Å². The number of imide groups is 1. The summed E-state index contributed by atoms with van der Waals surface area (Å²) < 4.78 is 0. The number of para-hydroxylation sites is 1. The van der Waals surface area contributed by atoms with Gasteiger partial charge in [-0.15, -0.1) is 0 Å². The molecule has 0 bridgehead atoms. The standard InChI is InChI=1S/C29H28N4O4/c1-19(20-9-3-2-4-10-20)30-26(35)23-13-7-8-14-24(23)31-25(34)18-33-27(36)29(32-28(33)37)16-15-21-11-5-6-12-22(21)17-29/h2-14,19H,15-18H2,1H3,(H,30,35)(H,31,34)(H,32,37)/t19-,29-/m0/s1. The van der Waals surface area contributed by atoms with E-state index in [-0.39, 0.29) is 17.5 Å². The highest BCUT2D eigenvalue weighted by Gasteiger charge is 2.52. The van der Waals surface area contributed by atoms with E-state index in [1.807, 2.05) is 61.5 Å². The van der Waals surface area contributed by atoms with Crippen LogP contribution >= 0.6 is 0 Å². The fourth-order valence-electron chi connectivity index (χ4n) is 5.07. The van der Waals surface area contributed by atoms with Gasteiger partial charge < -0.3 is 16.0 Å². The van der Waals surface area contributed by atoms with E-state index in [0.29, 0.717) is 24.9 Å². The molecule has 0 aromatic heterocycles. The Morgan fingerprint density at radius 2 is 1.62 bits per heavy atom. The van der Waals surface area contributed by atoms with Crippen molar-refractivity contribution in [2.24, 2.45) is 0 Å². The quantitative estimate of drug-likeness (QED) is 0.453. The summed E-state index contributed by atoms with van der Waals surface area (Å²) >= 11 is 0. The number of nitrogens with zero attached hydrogens (tertiary/aromatic N) is 1. The first-order valence-corrected chi connectivity index (χ1v) is 12.3. The zero-order chi connectivity index (χ0) is 26.0. The molecular formula is C29H28N4O4. The molecule has 2 atom stereocenters. The Morgan fingerprint density at radius 3 is 2.41 bits per heavy atom. The molecule has 8 heteroatoms. The summed E-state index contributed by atoms with van der Waals surface area (Å²) in [6.45, 7) is 1.44. The topological polar surface area (TPSA) is 108 Å². The SMILES string of the molecule is C[C@H](NC(=O)c1ccccc1NC(=O)CN1C(=O)N[C@]2(CCc3ccccc3C2)C1=O)c1ccccc1. The third-order valence-electron chi connectivity index (χ3n) is 7.07. The van der Waals surface area contributed by atoms with Crippen LogP contribution in [0.15, 0.2) is 78.9 Å². The summed E-state index contributed by atoms with van der Waals surface area (Å²) in [5, 5.41) is 8.49. The van der Waals surface area contributed by atoms with Crippen LogP contribution in [0.1, 0.15) is 46.4 Å². The van der Waals surface area contributed by atoms with Gasteiger partial charge in [-0.25, -0.2) is 4.79 Å². The van der Waals surface area contributed by atoms with Gasteiger partial charge in [-0.1, -0.05) is 66.7 Å². The number of fused-ring (bicyclic) bond motifs is 1. The van der Waals surface area contributed by atoms with E-state index < -0.39 is 29.9 Å². The third-order valence-corrected chi connectivity index (χ3v) is 7.07. The minimum atomic E-state index is -1.03. The minimum absolute atomic E-state index is 0.236. The first-order valence-electron chi connectivity index (χ1n) is 12.3. The van der Waals surface area contributed by atoms with Gasteiger partial charge in [0.15, 0.2) is 0 Å². The van der Waals surface area contributed by atoms with E-state index in [0.717, 1.165) is 16.0 Å². The normalized spacial score (nSPS) is 19.2. The fourth-order valence-corrected chi connectivity index (χ4v) is 5.07. The molecule has 1 heterocycles. The average Bonchev–Trinajstić information content (AvgIpc) is 3.12. The van der Waals surface area contributed by atoms with Crippen molar-refractivity contribution in [3.63, 3.8) is 0 Å². The number of carbonyl (C=O) groups excluding carboxylic acids is 4. The van der Waals surface area contributed by atoms with E-state index in [9.17, 15) is 19.2 Å². The van der Waals surface area contributed by atoms with E-state index in [1.54, 1.807) is 24.3 Å². The molecule has 5 rings (SSSR count). The smallest absolute Gasteiger partial charge is 0.325 e. The lowest BCUT2D eigenvalue weighted by Gasteiger charge is -2.32. The van der Waals surface area contributed by atoms with Gasteiger partial charge in [-0.05, 0) is 48.6 Å². The lowest BCUT2D eigenvalue weighted by Crippen LogP contribution is -2.51. The van der Waals surface area contributed by atoms with Crippen LogP contribution in [0.2, 0.25) is 0 Å². The zero-order valence-electron chi connectivity index (χ0n) is 20.5. The summed E-state index contributed by atoms with van der Waals surface area (Å²) in [6, 6.07) is 23.3. The lowest BCUT2D eigenvalue weighted by molar-refractivity contribution is -0.134. The summed E-state index contributed by atoms with van der Waals surface area (Å²) in [6.07, 6.45) is 1.55. The second kappa shape index (κ2) is 9.89. The molecule has 0 saturated carbocycles. The summed E-state index contributed by atoms with van der Waals surface area (Å²) in [4.78, 5) is 52.9. The molecule has 3 aromatic rings. The van der Waals surface area contributed by atoms with Crippen LogP contribution in [0.3, 0.4) is 0 Å². The molecule has 1 aliphatic carbocycles. The third kappa shape index (κ3) is 4.82. The molecule has 1 aliphatic heterocycles.